The summed E-state index contributed by atoms with van der Waals surface area (Å²) in [6.45, 7) is -0.550. The summed E-state index contributed by atoms with van der Waals surface area (Å²) in [6, 6.07) is 21.0. The molecule has 2 heterocycles. The lowest BCUT2D eigenvalue weighted by molar-refractivity contribution is 0.181. The quantitative estimate of drug-likeness (QED) is 0.699. The van der Waals surface area contributed by atoms with Crippen molar-refractivity contribution in [2.45, 2.75) is 12.1 Å². The third-order valence-electron chi connectivity index (χ3n) is 4.28. The largest absolute Gasteiger partial charge is 0.467 e. The van der Waals surface area contributed by atoms with Crippen molar-refractivity contribution in [3.05, 3.63) is 90.3 Å². The van der Waals surface area contributed by atoms with E-state index >= 15 is 0 Å². The highest BCUT2D eigenvalue weighted by Gasteiger charge is 2.32. The zero-order valence-electron chi connectivity index (χ0n) is 13.5. The molecule has 1 aliphatic rings. The van der Waals surface area contributed by atoms with Gasteiger partial charge in [-0.05, 0) is 34.9 Å². The van der Waals surface area contributed by atoms with Gasteiger partial charge in [-0.3, -0.25) is 4.98 Å². The lowest BCUT2D eigenvalue weighted by Gasteiger charge is -2.16. The average Bonchev–Trinajstić information content (AvgIpc) is 3.14. The van der Waals surface area contributed by atoms with Crippen LogP contribution in [-0.2, 0) is 4.74 Å². The summed E-state index contributed by atoms with van der Waals surface area (Å²) >= 11 is 0. The Balaban J connectivity index is 1.58. The van der Waals surface area contributed by atoms with Gasteiger partial charge in [0.15, 0.2) is 6.10 Å². The highest BCUT2D eigenvalue weighted by atomic mass is 19.1. The molecule has 3 nitrogen and oxygen atoms in total. The van der Waals surface area contributed by atoms with Crippen molar-refractivity contribution < 1.29 is 9.13 Å². The van der Waals surface area contributed by atoms with Crippen LogP contribution < -0.4 is 0 Å². The minimum absolute atomic E-state index is 0.400. The summed E-state index contributed by atoms with van der Waals surface area (Å²) in [6.07, 6.45) is 3.17. The molecule has 1 aliphatic heterocycles. The van der Waals surface area contributed by atoms with Gasteiger partial charge in [0.2, 0.25) is 5.90 Å². The van der Waals surface area contributed by atoms with Crippen LogP contribution in [0.2, 0.25) is 0 Å². The normalized spacial score (nSPS) is 19.3. The van der Waals surface area contributed by atoms with Gasteiger partial charge in [-0.25, -0.2) is 9.38 Å². The first-order valence-electron chi connectivity index (χ1n) is 8.21. The topological polar surface area (TPSA) is 34.5 Å². The molecule has 0 radical (unpaired) electrons. The van der Waals surface area contributed by atoms with Crippen LogP contribution >= 0.6 is 0 Å². The lowest BCUT2D eigenvalue weighted by Crippen LogP contribution is -2.16. The molecule has 4 heteroatoms. The van der Waals surface area contributed by atoms with Gasteiger partial charge in [0, 0.05) is 18.0 Å². The molecule has 0 saturated heterocycles. The zero-order chi connectivity index (χ0) is 17.1. The lowest BCUT2D eigenvalue weighted by atomic mass is 10.00. The number of nitrogens with zero attached hydrogens (tertiary/aromatic N) is 2. The van der Waals surface area contributed by atoms with Gasteiger partial charge in [0.05, 0.1) is 0 Å². The van der Waals surface area contributed by atoms with Crippen molar-refractivity contribution in [1.82, 2.24) is 4.98 Å². The number of hydrogen-bond acceptors (Lipinski definition) is 3. The van der Waals surface area contributed by atoms with Crippen LogP contribution in [0.15, 0.2) is 84.1 Å². The number of rotatable bonds is 4. The predicted octanol–water partition coefficient (Wildman–Crippen LogP) is 4.60. The van der Waals surface area contributed by atoms with Gasteiger partial charge in [0.1, 0.15) is 12.7 Å². The number of aromatic nitrogens is 1. The molecule has 0 aliphatic carbocycles. The van der Waals surface area contributed by atoms with Gasteiger partial charge in [-0.15, -0.1) is 0 Å². The first-order valence-corrected chi connectivity index (χ1v) is 8.21. The van der Waals surface area contributed by atoms with Crippen LogP contribution in [0.1, 0.15) is 17.2 Å². The van der Waals surface area contributed by atoms with Crippen LogP contribution in [0.4, 0.5) is 4.39 Å². The molecule has 2 aromatic carbocycles. The standard InChI is InChI=1S/C21H17FN2O/c22-13-19-20(25-21(24-19)17-5-2-1-3-6-17)16-10-8-15(9-11-16)18-7-4-12-23-14-18/h1-12,14,19-20H,13H2. The Morgan fingerprint density at radius 1 is 0.840 bits per heavy atom. The molecule has 25 heavy (non-hydrogen) atoms. The van der Waals surface area contributed by atoms with Crippen molar-refractivity contribution in [3.63, 3.8) is 0 Å². The Morgan fingerprint density at radius 3 is 2.28 bits per heavy atom. The summed E-state index contributed by atoms with van der Waals surface area (Å²) in [5, 5.41) is 0. The maximum Gasteiger partial charge on any atom is 0.217 e. The van der Waals surface area contributed by atoms with E-state index in [4.69, 9.17) is 4.74 Å². The van der Waals surface area contributed by atoms with Crippen LogP contribution in [0.3, 0.4) is 0 Å². The highest BCUT2D eigenvalue weighted by molar-refractivity contribution is 5.95. The van der Waals surface area contributed by atoms with Crippen LogP contribution in [-0.4, -0.2) is 23.6 Å². The molecule has 2 unspecified atom stereocenters. The molecule has 0 bridgehead atoms. The summed E-state index contributed by atoms with van der Waals surface area (Å²) in [5.74, 6) is 0.504. The minimum Gasteiger partial charge on any atom is -0.467 e. The molecule has 0 N–H and O–H groups in total. The highest BCUT2D eigenvalue weighted by Crippen LogP contribution is 2.32. The molecule has 1 aromatic heterocycles. The number of alkyl halides is 1. The van der Waals surface area contributed by atoms with Crippen molar-refractivity contribution >= 4 is 5.90 Å². The van der Waals surface area contributed by atoms with E-state index in [1.165, 1.54) is 0 Å². The monoisotopic (exact) mass is 332 g/mol. The first kappa shape index (κ1) is 15.5. The van der Waals surface area contributed by atoms with E-state index in [0.717, 1.165) is 22.3 Å². The van der Waals surface area contributed by atoms with Gasteiger partial charge >= 0.3 is 0 Å². The minimum atomic E-state index is -0.550. The number of halogens is 1. The molecule has 124 valence electrons. The number of benzene rings is 2. The summed E-state index contributed by atoms with van der Waals surface area (Å²) in [4.78, 5) is 8.56. The Morgan fingerprint density at radius 2 is 1.60 bits per heavy atom. The second-order valence-electron chi connectivity index (χ2n) is 5.92. The van der Waals surface area contributed by atoms with Gasteiger partial charge in [-0.2, -0.15) is 0 Å². The number of ether oxygens (including phenoxy) is 1. The summed E-state index contributed by atoms with van der Waals surface area (Å²) in [5.41, 5.74) is 3.90. The van der Waals surface area contributed by atoms with E-state index in [1.54, 1.807) is 6.20 Å². The Hall–Kier alpha value is -3.01. The molecule has 0 fully saturated rings. The fourth-order valence-corrected chi connectivity index (χ4v) is 2.98. The fourth-order valence-electron chi connectivity index (χ4n) is 2.98. The molecule has 3 aromatic rings. The van der Waals surface area contributed by atoms with Gasteiger partial charge < -0.3 is 4.74 Å². The van der Waals surface area contributed by atoms with Crippen molar-refractivity contribution in [1.29, 1.82) is 0 Å². The van der Waals surface area contributed by atoms with E-state index in [1.807, 2.05) is 72.9 Å². The SMILES string of the molecule is FCC1N=C(c2ccccc2)OC1c1ccc(-c2cccnc2)cc1. The smallest absolute Gasteiger partial charge is 0.217 e. The summed E-state index contributed by atoms with van der Waals surface area (Å²) in [7, 11) is 0. The van der Waals surface area contributed by atoms with Crippen molar-refractivity contribution in [2.24, 2.45) is 4.99 Å². The third kappa shape index (κ3) is 3.15. The van der Waals surface area contributed by atoms with Crippen molar-refractivity contribution in [2.75, 3.05) is 6.67 Å². The predicted molar refractivity (Wildman–Crippen MR) is 96.2 cm³/mol. The summed E-state index contributed by atoms with van der Waals surface area (Å²) < 4.78 is 19.5. The molecule has 4 rings (SSSR count). The third-order valence-corrected chi connectivity index (χ3v) is 4.28. The van der Waals surface area contributed by atoms with Crippen LogP contribution in [0.5, 0.6) is 0 Å². The molecule has 2 atom stereocenters. The van der Waals surface area contributed by atoms with E-state index < -0.39 is 18.8 Å². The molecule has 0 saturated carbocycles. The van der Waals surface area contributed by atoms with Crippen LogP contribution in [0, 0.1) is 0 Å². The molecular formula is C21H17FN2O. The average molecular weight is 332 g/mol. The van der Waals surface area contributed by atoms with Gasteiger partial charge in [-0.1, -0.05) is 48.5 Å². The van der Waals surface area contributed by atoms with Gasteiger partial charge in [0.25, 0.3) is 0 Å². The second-order valence-corrected chi connectivity index (χ2v) is 5.92. The van der Waals surface area contributed by atoms with Crippen molar-refractivity contribution in [3.8, 4) is 11.1 Å². The van der Waals surface area contributed by atoms with E-state index in [9.17, 15) is 4.39 Å². The number of pyridine rings is 1. The van der Waals surface area contributed by atoms with E-state index in [0.29, 0.717) is 5.90 Å². The molecule has 0 amide bonds. The van der Waals surface area contributed by atoms with E-state index in [2.05, 4.69) is 9.98 Å². The zero-order valence-corrected chi connectivity index (χ0v) is 13.5. The fraction of sp³-hybridized carbons (Fsp3) is 0.143. The Bertz CT molecular complexity index is 863. The second kappa shape index (κ2) is 6.85. The first-order chi connectivity index (χ1) is 12.3. The Kier molecular flexibility index (Phi) is 4.25. The maximum atomic E-state index is 13.5. The number of hydrogen-bond donors (Lipinski definition) is 0. The van der Waals surface area contributed by atoms with E-state index in [-0.39, 0.29) is 0 Å². The number of aliphatic imine (C=N–C) groups is 1. The van der Waals surface area contributed by atoms with Crippen LogP contribution in [0.25, 0.3) is 11.1 Å². The molecule has 0 spiro atoms. The molecular weight excluding hydrogens is 315 g/mol. The maximum absolute atomic E-state index is 13.5. The Labute approximate surface area is 145 Å².